The number of hydrogen-bond donors (Lipinski definition) is 1. The van der Waals surface area contributed by atoms with Gasteiger partial charge in [0.05, 0.1) is 23.9 Å². The predicted octanol–water partition coefficient (Wildman–Crippen LogP) is 3.72. The van der Waals surface area contributed by atoms with E-state index in [1.807, 2.05) is 60.4 Å². The minimum absolute atomic E-state index is 0.0608. The first-order valence-corrected chi connectivity index (χ1v) is 10.2. The van der Waals surface area contributed by atoms with Gasteiger partial charge in [-0.25, -0.2) is 0 Å². The number of pyridine rings is 1. The molecule has 1 aliphatic rings. The number of fused-ring (bicyclic) bond motifs is 1. The Hall–Kier alpha value is -3.41. The number of methoxy groups -OCH3 is 1. The lowest BCUT2D eigenvalue weighted by atomic mass is 10.1. The summed E-state index contributed by atoms with van der Waals surface area (Å²) in [6, 6.07) is 14.9. The van der Waals surface area contributed by atoms with Gasteiger partial charge >= 0.3 is 0 Å². The van der Waals surface area contributed by atoms with Crippen molar-refractivity contribution in [3.63, 3.8) is 0 Å². The molecule has 4 rings (SSSR count). The molecule has 0 spiro atoms. The van der Waals surface area contributed by atoms with E-state index in [1.165, 1.54) is 0 Å². The Balaban J connectivity index is 1.47. The third kappa shape index (κ3) is 4.13. The van der Waals surface area contributed by atoms with Gasteiger partial charge in [0.2, 0.25) is 0 Å². The van der Waals surface area contributed by atoms with Crippen LogP contribution in [0.25, 0.3) is 10.9 Å². The number of ether oxygens (including phenoxy) is 1. The first-order chi connectivity index (χ1) is 14.5. The Bertz CT molecular complexity index is 1100. The van der Waals surface area contributed by atoms with Crippen molar-refractivity contribution in [2.45, 2.75) is 26.3 Å². The summed E-state index contributed by atoms with van der Waals surface area (Å²) in [6.07, 6.45) is 2.13. The molecule has 2 amide bonds. The largest absolute Gasteiger partial charge is 0.497 e. The van der Waals surface area contributed by atoms with E-state index in [2.05, 4.69) is 10.3 Å². The van der Waals surface area contributed by atoms with Crippen LogP contribution in [-0.2, 0) is 6.54 Å². The summed E-state index contributed by atoms with van der Waals surface area (Å²) in [5, 5.41) is 3.83. The molecule has 0 aliphatic carbocycles. The number of carbonyl (C=O) groups is 2. The lowest BCUT2D eigenvalue weighted by molar-refractivity contribution is 0.0792. The van der Waals surface area contributed by atoms with Crippen LogP contribution in [0.4, 0.5) is 0 Å². The number of rotatable bonds is 5. The van der Waals surface area contributed by atoms with E-state index in [-0.39, 0.29) is 11.8 Å². The molecule has 1 aliphatic heterocycles. The second kappa shape index (κ2) is 8.53. The molecular formula is C24H25N3O3. The number of amides is 2. The summed E-state index contributed by atoms with van der Waals surface area (Å²) >= 11 is 0. The van der Waals surface area contributed by atoms with Crippen molar-refractivity contribution in [3.05, 3.63) is 70.9 Å². The minimum Gasteiger partial charge on any atom is -0.497 e. The van der Waals surface area contributed by atoms with Crippen LogP contribution in [0.5, 0.6) is 5.75 Å². The fourth-order valence-electron chi connectivity index (χ4n) is 3.79. The van der Waals surface area contributed by atoms with Crippen molar-refractivity contribution in [2.24, 2.45) is 0 Å². The third-order valence-corrected chi connectivity index (χ3v) is 5.48. The highest BCUT2D eigenvalue weighted by Gasteiger charge is 2.19. The zero-order valence-corrected chi connectivity index (χ0v) is 17.3. The maximum Gasteiger partial charge on any atom is 0.253 e. The van der Waals surface area contributed by atoms with Crippen LogP contribution >= 0.6 is 0 Å². The standard InChI is InChI=1S/C24H25N3O3/c1-16-21(13-18-8-9-20(30-2)14-22(18)26-16)23(28)25-15-17-6-5-7-19(12-17)24(29)27-10-3-4-11-27/h5-9,12-14H,3-4,10-11,15H2,1-2H3,(H,25,28). The molecule has 1 aromatic heterocycles. The average Bonchev–Trinajstić information content (AvgIpc) is 3.31. The van der Waals surface area contributed by atoms with Gasteiger partial charge in [0.15, 0.2) is 0 Å². The number of hydrogen-bond acceptors (Lipinski definition) is 4. The number of aromatic nitrogens is 1. The Morgan fingerprint density at radius 1 is 1.10 bits per heavy atom. The second-order valence-electron chi connectivity index (χ2n) is 7.56. The second-order valence-corrected chi connectivity index (χ2v) is 7.56. The number of carbonyl (C=O) groups excluding carboxylic acids is 2. The fraction of sp³-hybridized carbons (Fsp3) is 0.292. The molecule has 30 heavy (non-hydrogen) atoms. The highest BCUT2D eigenvalue weighted by Crippen LogP contribution is 2.22. The summed E-state index contributed by atoms with van der Waals surface area (Å²) < 4.78 is 5.24. The first-order valence-electron chi connectivity index (χ1n) is 10.2. The highest BCUT2D eigenvalue weighted by molar-refractivity contribution is 5.99. The van der Waals surface area contributed by atoms with Gasteiger partial charge in [-0.15, -0.1) is 0 Å². The van der Waals surface area contributed by atoms with Gasteiger partial charge in [-0.05, 0) is 55.7 Å². The van der Waals surface area contributed by atoms with Crippen LogP contribution in [0.1, 0.15) is 44.8 Å². The number of nitrogens with one attached hydrogen (secondary N) is 1. The van der Waals surface area contributed by atoms with E-state index < -0.39 is 0 Å². The van der Waals surface area contributed by atoms with Crippen LogP contribution in [0.2, 0.25) is 0 Å². The predicted molar refractivity (Wildman–Crippen MR) is 116 cm³/mol. The lowest BCUT2D eigenvalue weighted by Gasteiger charge is -2.16. The van der Waals surface area contributed by atoms with Gasteiger partial charge in [-0.2, -0.15) is 0 Å². The number of benzene rings is 2. The van der Waals surface area contributed by atoms with Gasteiger partial charge in [0.1, 0.15) is 5.75 Å². The molecule has 0 atom stereocenters. The maximum atomic E-state index is 12.8. The van der Waals surface area contributed by atoms with Crippen molar-refractivity contribution in [1.29, 1.82) is 0 Å². The topological polar surface area (TPSA) is 71.5 Å². The van der Waals surface area contributed by atoms with Crippen LogP contribution in [0.3, 0.4) is 0 Å². The quantitative estimate of drug-likeness (QED) is 0.705. The summed E-state index contributed by atoms with van der Waals surface area (Å²) in [6.45, 7) is 3.81. The molecule has 0 bridgehead atoms. The molecule has 154 valence electrons. The van der Waals surface area contributed by atoms with E-state index in [0.29, 0.717) is 23.4 Å². The third-order valence-electron chi connectivity index (χ3n) is 5.48. The van der Waals surface area contributed by atoms with Crippen molar-refractivity contribution in [3.8, 4) is 5.75 Å². The van der Waals surface area contributed by atoms with Crippen LogP contribution < -0.4 is 10.1 Å². The van der Waals surface area contributed by atoms with Gasteiger partial charge in [0, 0.05) is 36.7 Å². The normalized spacial score (nSPS) is 13.5. The molecule has 1 fully saturated rings. The molecule has 3 aromatic rings. The zero-order chi connectivity index (χ0) is 21.1. The monoisotopic (exact) mass is 403 g/mol. The summed E-state index contributed by atoms with van der Waals surface area (Å²) in [5.41, 5.74) is 3.55. The summed E-state index contributed by atoms with van der Waals surface area (Å²) in [7, 11) is 1.61. The van der Waals surface area contributed by atoms with Gasteiger partial charge in [-0.3, -0.25) is 14.6 Å². The molecule has 1 saturated heterocycles. The van der Waals surface area contributed by atoms with Crippen molar-refractivity contribution >= 4 is 22.7 Å². The number of nitrogens with zero attached hydrogens (tertiary/aromatic N) is 2. The average molecular weight is 403 g/mol. The van der Waals surface area contributed by atoms with E-state index in [9.17, 15) is 9.59 Å². The van der Waals surface area contributed by atoms with E-state index in [1.54, 1.807) is 7.11 Å². The van der Waals surface area contributed by atoms with Crippen LogP contribution in [-0.4, -0.2) is 41.9 Å². The molecule has 0 saturated carbocycles. The van der Waals surface area contributed by atoms with Gasteiger partial charge in [0.25, 0.3) is 11.8 Å². The molecule has 1 N–H and O–H groups in total. The SMILES string of the molecule is COc1ccc2cc(C(=O)NCc3cccc(C(=O)N4CCCC4)c3)c(C)nc2c1. The van der Waals surface area contributed by atoms with E-state index in [4.69, 9.17) is 4.74 Å². The smallest absolute Gasteiger partial charge is 0.253 e. The Morgan fingerprint density at radius 2 is 1.90 bits per heavy atom. The lowest BCUT2D eigenvalue weighted by Crippen LogP contribution is -2.28. The number of likely N-dealkylation sites (tertiary alicyclic amines) is 1. The minimum atomic E-state index is -0.186. The highest BCUT2D eigenvalue weighted by atomic mass is 16.5. The van der Waals surface area contributed by atoms with Gasteiger partial charge < -0.3 is 15.0 Å². The van der Waals surface area contributed by atoms with Crippen LogP contribution in [0, 0.1) is 6.92 Å². The Kier molecular flexibility index (Phi) is 5.65. The molecule has 6 heteroatoms. The molecule has 2 heterocycles. The summed E-state index contributed by atoms with van der Waals surface area (Å²) in [5.74, 6) is 0.606. The van der Waals surface area contributed by atoms with Crippen LogP contribution in [0.15, 0.2) is 48.5 Å². The summed E-state index contributed by atoms with van der Waals surface area (Å²) in [4.78, 5) is 31.8. The van der Waals surface area contributed by atoms with E-state index in [0.717, 1.165) is 48.1 Å². The Morgan fingerprint density at radius 3 is 2.67 bits per heavy atom. The fourth-order valence-corrected chi connectivity index (χ4v) is 3.79. The van der Waals surface area contributed by atoms with Crippen molar-refractivity contribution in [1.82, 2.24) is 15.2 Å². The zero-order valence-electron chi connectivity index (χ0n) is 17.3. The Labute approximate surface area is 175 Å². The molecule has 0 unspecified atom stereocenters. The maximum absolute atomic E-state index is 12.8. The van der Waals surface area contributed by atoms with Crippen molar-refractivity contribution < 1.29 is 14.3 Å². The van der Waals surface area contributed by atoms with Gasteiger partial charge in [-0.1, -0.05) is 12.1 Å². The number of aryl methyl sites for hydroxylation is 1. The van der Waals surface area contributed by atoms with Crippen molar-refractivity contribution in [2.75, 3.05) is 20.2 Å². The first kappa shape index (κ1) is 19.9. The van der Waals surface area contributed by atoms with E-state index >= 15 is 0 Å². The molecular weight excluding hydrogens is 378 g/mol. The molecule has 6 nitrogen and oxygen atoms in total. The molecule has 2 aromatic carbocycles. The molecule has 0 radical (unpaired) electrons.